The van der Waals surface area contributed by atoms with Gasteiger partial charge in [-0.15, -0.1) is 0 Å². The molecule has 0 saturated carbocycles. The molecule has 0 atom stereocenters. The minimum Gasteiger partial charge on any atom is -1.00 e. The average molecular weight is 144 g/mol. The molecule has 0 bridgehead atoms. The van der Waals surface area contributed by atoms with Gasteiger partial charge in [0.25, 0.3) is 0 Å². The van der Waals surface area contributed by atoms with Gasteiger partial charge in [-0.2, -0.15) is 0 Å². The quantitative estimate of drug-likeness (QED) is 0.420. The minimum absolute atomic E-state index is 0. The van der Waals surface area contributed by atoms with E-state index in [0.717, 1.165) is 0 Å². The van der Waals surface area contributed by atoms with E-state index in [0.29, 0.717) is 0 Å². The van der Waals surface area contributed by atoms with Crippen molar-refractivity contribution in [3.05, 3.63) is 30.3 Å². The van der Waals surface area contributed by atoms with Gasteiger partial charge < -0.3 is 17.7 Å². The highest BCUT2D eigenvalue weighted by molar-refractivity contribution is 5.26. The summed E-state index contributed by atoms with van der Waals surface area (Å²) in [5.74, 6) is 0. The molecule has 0 aliphatic heterocycles. The Kier molecular flexibility index (Phi) is 4.10. The van der Waals surface area contributed by atoms with Gasteiger partial charge in [0.1, 0.15) is 5.69 Å². The van der Waals surface area contributed by atoms with Crippen LogP contribution in [0.4, 0.5) is 5.69 Å². The number of quaternary nitrogens is 1. The number of benzene rings is 1. The van der Waals surface area contributed by atoms with Crippen molar-refractivity contribution in [3.8, 4) is 0 Å². The third-order valence-electron chi connectivity index (χ3n) is 1.13. The number of halogens is 1. The Balaban J connectivity index is 0.000000640. The largest absolute Gasteiger partial charge is 1.00 e. The molecule has 0 aliphatic rings. The van der Waals surface area contributed by atoms with E-state index >= 15 is 0 Å². The average Bonchev–Trinajstić information content (AvgIpc) is 1.90. The Morgan fingerprint density at radius 2 is 1.67 bits per heavy atom. The van der Waals surface area contributed by atoms with Crippen molar-refractivity contribution in [1.82, 2.24) is 0 Å². The molecule has 0 aromatic heterocycles. The molecule has 0 heterocycles. The van der Waals surface area contributed by atoms with Crippen molar-refractivity contribution in [3.63, 3.8) is 0 Å². The number of hydrogen-bond donors (Lipinski definition) is 1. The van der Waals surface area contributed by atoms with Crippen LogP contribution in [0.15, 0.2) is 30.3 Å². The molecule has 0 amide bonds. The third kappa shape index (κ3) is 2.49. The van der Waals surface area contributed by atoms with Gasteiger partial charge in [-0.05, 0) is 12.1 Å². The maximum absolute atomic E-state index is 2.08. The maximum atomic E-state index is 2.08. The summed E-state index contributed by atoms with van der Waals surface area (Å²) in [6.45, 7) is 0. The number of rotatable bonds is 1. The van der Waals surface area contributed by atoms with Crippen LogP contribution in [0.1, 0.15) is 0 Å². The summed E-state index contributed by atoms with van der Waals surface area (Å²) in [6, 6.07) is 10.3. The molecule has 0 saturated heterocycles. The van der Waals surface area contributed by atoms with Crippen LogP contribution in [0.2, 0.25) is 0 Å². The van der Waals surface area contributed by atoms with E-state index < -0.39 is 0 Å². The fourth-order valence-electron chi connectivity index (χ4n) is 0.645. The fraction of sp³-hybridized carbons (Fsp3) is 0.143. The van der Waals surface area contributed by atoms with Gasteiger partial charge in [-0.25, -0.2) is 0 Å². The first-order valence-corrected chi connectivity index (χ1v) is 2.78. The predicted molar refractivity (Wildman–Crippen MR) is 34.0 cm³/mol. The molecule has 0 spiro atoms. The number of para-hydroxylation sites is 1. The van der Waals surface area contributed by atoms with Gasteiger partial charge >= 0.3 is 0 Å². The Morgan fingerprint density at radius 1 is 1.11 bits per heavy atom. The van der Waals surface area contributed by atoms with Gasteiger partial charge in [-0.3, -0.25) is 0 Å². The number of hydrogen-bond acceptors (Lipinski definition) is 0. The standard InChI is InChI=1S/C7H9N.ClH/c1-8-7-5-3-2-4-6-7;/h2-6,8H,1H3;1H. The Bertz CT molecular complexity index is 150. The molecule has 1 nitrogen and oxygen atoms in total. The summed E-state index contributed by atoms with van der Waals surface area (Å²) in [4.78, 5) is 0. The zero-order valence-corrected chi connectivity index (χ0v) is 6.10. The summed E-state index contributed by atoms with van der Waals surface area (Å²) in [6.07, 6.45) is 0. The van der Waals surface area contributed by atoms with E-state index in [4.69, 9.17) is 0 Å². The van der Waals surface area contributed by atoms with Crippen molar-refractivity contribution in [1.29, 1.82) is 0 Å². The molecule has 1 aromatic rings. The summed E-state index contributed by atoms with van der Waals surface area (Å²) < 4.78 is 0. The van der Waals surface area contributed by atoms with Gasteiger partial charge in [0.2, 0.25) is 0 Å². The van der Waals surface area contributed by atoms with Crippen LogP contribution in [0.3, 0.4) is 0 Å². The molecule has 0 radical (unpaired) electrons. The van der Waals surface area contributed by atoms with Crippen molar-refractivity contribution >= 4 is 5.69 Å². The van der Waals surface area contributed by atoms with Crippen molar-refractivity contribution in [2.45, 2.75) is 0 Å². The first kappa shape index (κ1) is 8.47. The van der Waals surface area contributed by atoms with Gasteiger partial charge in [0.15, 0.2) is 0 Å². The van der Waals surface area contributed by atoms with Crippen LogP contribution in [0.25, 0.3) is 0 Å². The summed E-state index contributed by atoms with van der Waals surface area (Å²) >= 11 is 0. The van der Waals surface area contributed by atoms with E-state index in [1.54, 1.807) is 0 Å². The highest BCUT2D eigenvalue weighted by Crippen LogP contribution is 1.94. The van der Waals surface area contributed by atoms with E-state index in [1.165, 1.54) is 5.69 Å². The lowest BCUT2D eigenvalue weighted by Gasteiger charge is -1.88. The summed E-state index contributed by atoms with van der Waals surface area (Å²) in [5, 5.41) is 2.08. The summed E-state index contributed by atoms with van der Waals surface area (Å²) in [5.41, 5.74) is 1.28. The fourth-order valence-corrected chi connectivity index (χ4v) is 0.645. The van der Waals surface area contributed by atoms with Crippen molar-refractivity contribution in [2.75, 3.05) is 7.05 Å². The van der Waals surface area contributed by atoms with Crippen LogP contribution < -0.4 is 17.7 Å². The second-order valence-corrected chi connectivity index (χ2v) is 1.70. The molecule has 0 fully saturated rings. The predicted octanol–water partition coefficient (Wildman–Crippen LogP) is -2.48. The van der Waals surface area contributed by atoms with Crippen molar-refractivity contribution in [2.24, 2.45) is 0 Å². The second kappa shape index (κ2) is 4.36. The molecule has 1 rings (SSSR count). The lowest BCUT2D eigenvalue weighted by molar-refractivity contribution is -0.539. The van der Waals surface area contributed by atoms with Gasteiger partial charge in [-0.1, -0.05) is 18.2 Å². The SMILES string of the molecule is C[NH2+]c1ccccc1.[Cl-]. The third-order valence-corrected chi connectivity index (χ3v) is 1.13. The second-order valence-electron chi connectivity index (χ2n) is 1.70. The topological polar surface area (TPSA) is 16.6 Å². The molecular formula is C7H10ClN. The normalized spacial score (nSPS) is 8.11. The zero-order valence-electron chi connectivity index (χ0n) is 5.34. The highest BCUT2D eigenvalue weighted by Gasteiger charge is 1.83. The van der Waals surface area contributed by atoms with Crippen LogP contribution in [0.5, 0.6) is 0 Å². The highest BCUT2D eigenvalue weighted by atomic mass is 35.5. The molecule has 2 heteroatoms. The molecule has 9 heavy (non-hydrogen) atoms. The van der Waals surface area contributed by atoms with Crippen molar-refractivity contribution < 1.29 is 17.7 Å². The summed E-state index contributed by atoms with van der Waals surface area (Å²) in [7, 11) is 2.04. The van der Waals surface area contributed by atoms with E-state index in [1.807, 2.05) is 25.2 Å². The monoisotopic (exact) mass is 143 g/mol. The number of nitrogens with two attached hydrogens (primary N) is 1. The first-order chi connectivity index (χ1) is 3.93. The molecule has 50 valence electrons. The Hall–Kier alpha value is -0.530. The van der Waals surface area contributed by atoms with E-state index in [9.17, 15) is 0 Å². The zero-order chi connectivity index (χ0) is 5.82. The smallest absolute Gasteiger partial charge is 0.129 e. The van der Waals surface area contributed by atoms with E-state index in [-0.39, 0.29) is 12.4 Å². The molecule has 2 N–H and O–H groups in total. The molecule has 1 aromatic carbocycles. The minimum atomic E-state index is 0. The van der Waals surface area contributed by atoms with Crippen LogP contribution in [-0.2, 0) is 0 Å². The lowest BCUT2D eigenvalue weighted by atomic mass is 10.3. The lowest BCUT2D eigenvalue weighted by Crippen LogP contribution is -3.00. The van der Waals surface area contributed by atoms with E-state index in [2.05, 4.69) is 17.4 Å². The Labute approximate surface area is 61.5 Å². The van der Waals surface area contributed by atoms with Crippen LogP contribution >= 0.6 is 0 Å². The van der Waals surface area contributed by atoms with Gasteiger partial charge in [0, 0.05) is 0 Å². The molecule has 0 unspecified atom stereocenters. The van der Waals surface area contributed by atoms with Crippen LogP contribution in [-0.4, -0.2) is 7.05 Å². The molecule has 0 aliphatic carbocycles. The van der Waals surface area contributed by atoms with Gasteiger partial charge in [0.05, 0.1) is 7.05 Å². The first-order valence-electron chi connectivity index (χ1n) is 2.78. The maximum Gasteiger partial charge on any atom is 0.129 e. The van der Waals surface area contributed by atoms with Crippen LogP contribution in [0, 0.1) is 0 Å². The molecular weight excluding hydrogens is 134 g/mol. The Morgan fingerprint density at radius 3 is 2.00 bits per heavy atom.